The van der Waals surface area contributed by atoms with E-state index in [-0.39, 0.29) is 6.10 Å². The largest absolute Gasteiger partial charge is 0.488 e. The topological polar surface area (TPSA) is 47.9 Å². The van der Waals surface area contributed by atoms with Gasteiger partial charge in [-0.25, -0.2) is 9.79 Å². The van der Waals surface area contributed by atoms with Crippen molar-refractivity contribution in [3.8, 4) is 5.75 Å². The second-order valence-electron chi connectivity index (χ2n) is 3.62. The Bertz CT molecular complexity index is 393. The SMILES string of the molecule is O=C=NCc1ccccc1OC1CCOC1. The summed E-state index contributed by atoms with van der Waals surface area (Å²) in [5.74, 6) is 0.775. The maximum absolute atomic E-state index is 10.1. The molecule has 16 heavy (non-hydrogen) atoms. The van der Waals surface area contributed by atoms with Crippen molar-refractivity contribution in [2.24, 2.45) is 4.99 Å². The first-order valence-corrected chi connectivity index (χ1v) is 5.26. The van der Waals surface area contributed by atoms with Crippen molar-refractivity contribution in [1.82, 2.24) is 0 Å². The number of nitrogens with zero attached hydrogens (tertiary/aromatic N) is 1. The maximum Gasteiger partial charge on any atom is 0.235 e. The van der Waals surface area contributed by atoms with Gasteiger partial charge in [0.1, 0.15) is 11.9 Å². The molecule has 84 valence electrons. The van der Waals surface area contributed by atoms with Gasteiger partial charge in [0, 0.05) is 12.0 Å². The Hall–Kier alpha value is -1.64. The van der Waals surface area contributed by atoms with Crippen molar-refractivity contribution < 1.29 is 14.3 Å². The summed E-state index contributed by atoms with van der Waals surface area (Å²) in [5.41, 5.74) is 0.901. The average molecular weight is 219 g/mol. The van der Waals surface area contributed by atoms with Gasteiger partial charge in [-0.1, -0.05) is 18.2 Å². The molecular formula is C12H13NO3. The van der Waals surface area contributed by atoms with Crippen LogP contribution in [-0.2, 0) is 16.1 Å². The first-order chi connectivity index (χ1) is 7.90. The van der Waals surface area contributed by atoms with Crippen LogP contribution in [0.25, 0.3) is 0 Å². The van der Waals surface area contributed by atoms with E-state index in [1.54, 1.807) is 0 Å². The van der Waals surface area contributed by atoms with Gasteiger partial charge in [0.2, 0.25) is 6.08 Å². The molecule has 1 fully saturated rings. The van der Waals surface area contributed by atoms with Crippen LogP contribution in [0.3, 0.4) is 0 Å². The smallest absolute Gasteiger partial charge is 0.235 e. The van der Waals surface area contributed by atoms with E-state index in [4.69, 9.17) is 9.47 Å². The summed E-state index contributed by atoms with van der Waals surface area (Å²) in [6, 6.07) is 7.58. The van der Waals surface area contributed by atoms with Gasteiger partial charge in [-0.15, -0.1) is 0 Å². The summed E-state index contributed by atoms with van der Waals surface area (Å²) in [5, 5.41) is 0. The van der Waals surface area contributed by atoms with Crippen LogP contribution in [0.15, 0.2) is 29.3 Å². The lowest BCUT2D eigenvalue weighted by atomic mass is 10.2. The Balaban J connectivity index is 2.08. The molecule has 4 nitrogen and oxygen atoms in total. The fourth-order valence-electron chi connectivity index (χ4n) is 1.65. The van der Waals surface area contributed by atoms with Crippen LogP contribution in [0, 0.1) is 0 Å². The van der Waals surface area contributed by atoms with Gasteiger partial charge in [-0.3, -0.25) is 0 Å². The third-order valence-electron chi connectivity index (χ3n) is 2.47. The van der Waals surface area contributed by atoms with Crippen molar-refractivity contribution in [2.45, 2.75) is 19.1 Å². The van der Waals surface area contributed by atoms with E-state index in [2.05, 4.69) is 4.99 Å². The van der Waals surface area contributed by atoms with Crippen molar-refractivity contribution in [3.05, 3.63) is 29.8 Å². The number of ether oxygens (including phenoxy) is 2. The van der Waals surface area contributed by atoms with E-state index in [0.717, 1.165) is 24.3 Å². The molecular weight excluding hydrogens is 206 g/mol. The summed E-state index contributed by atoms with van der Waals surface area (Å²) in [7, 11) is 0. The molecule has 1 atom stereocenters. The third-order valence-corrected chi connectivity index (χ3v) is 2.47. The highest BCUT2D eigenvalue weighted by Gasteiger charge is 2.18. The van der Waals surface area contributed by atoms with Crippen LogP contribution >= 0.6 is 0 Å². The molecule has 1 saturated heterocycles. The molecule has 1 aliphatic heterocycles. The molecule has 2 rings (SSSR count). The molecule has 0 amide bonds. The van der Waals surface area contributed by atoms with Crippen molar-refractivity contribution >= 4 is 6.08 Å². The molecule has 0 bridgehead atoms. The second kappa shape index (κ2) is 5.45. The highest BCUT2D eigenvalue weighted by Crippen LogP contribution is 2.22. The van der Waals surface area contributed by atoms with E-state index in [1.807, 2.05) is 24.3 Å². The Morgan fingerprint density at radius 2 is 2.38 bits per heavy atom. The van der Waals surface area contributed by atoms with Gasteiger partial charge in [0.25, 0.3) is 0 Å². The lowest BCUT2D eigenvalue weighted by molar-refractivity contribution is 0.140. The number of isocyanates is 1. The summed E-state index contributed by atoms with van der Waals surface area (Å²) < 4.78 is 11.0. The highest BCUT2D eigenvalue weighted by atomic mass is 16.5. The van der Waals surface area contributed by atoms with Gasteiger partial charge in [-0.2, -0.15) is 0 Å². The third kappa shape index (κ3) is 2.69. The Morgan fingerprint density at radius 3 is 3.12 bits per heavy atom. The number of carbonyl (C=O) groups excluding carboxylic acids is 1. The summed E-state index contributed by atoms with van der Waals surface area (Å²) >= 11 is 0. The monoisotopic (exact) mass is 219 g/mol. The number of hydrogen-bond acceptors (Lipinski definition) is 4. The maximum atomic E-state index is 10.1. The van der Waals surface area contributed by atoms with E-state index < -0.39 is 0 Å². The number of para-hydroxylation sites is 1. The average Bonchev–Trinajstić information content (AvgIpc) is 2.81. The first kappa shape index (κ1) is 10.9. The first-order valence-electron chi connectivity index (χ1n) is 5.26. The molecule has 0 aromatic heterocycles. The molecule has 0 aliphatic carbocycles. The standard InChI is InChI=1S/C12H13NO3/c14-9-13-7-10-3-1-2-4-12(10)16-11-5-6-15-8-11/h1-4,11H,5-8H2. The normalized spacial score (nSPS) is 19.1. The zero-order valence-electron chi connectivity index (χ0n) is 8.89. The van der Waals surface area contributed by atoms with Crippen LogP contribution in [0.4, 0.5) is 0 Å². The fraction of sp³-hybridized carbons (Fsp3) is 0.417. The second-order valence-corrected chi connectivity index (χ2v) is 3.62. The molecule has 1 heterocycles. The predicted molar refractivity (Wildman–Crippen MR) is 58.1 cm³/mol. The van der Waals surface area contributed by atoms with Crippen molar-refractivity contribution in [3.63, 3.8) is 0 Å². The van der Waals surface area contributed by atoms with Crippen LogP contribution in [-0.4, -0.2) is 25.4 Å². The van der Waals surface area contributed by atoms with Crippen LogP contribution < -0.4 is 4.74 Å². The molecule has 1 aromatic carbocycles. The highest BCUT2D eigenvalue weighted by molar-refractivity contribution is 5.37. The van der Waals surface area contributed by atoms with Gasteiger partial charge in [0.15, 0.2) is 0 Å². The zero-order valence-corrected chi connectivity index (χ0v) is 8.89. The molecule has 1 aliphatic rings. The van der Waals surface area contributed by atoms with Crippen LogP contribution in [0.1, 0.15) is 12.0 Å². The molecule has 1 aromatic rings. The van der Waals surface area contributed by atoms with E-state index in [0.29, 0.717) is 13.2 Å². The van der Waals surface area contributed by atoms with Crippen molar-refractivity contribution in [2.75, 3.05) is 13.2 Å². The Morgan fingerprint density at radius 1 is 1.50 bits per heavy atom. The summed E-state index contributed by atoms with van der Waals surface area (Å²) in [6.45, 7) is 1.69. The Kier molecular flexibility index (Phi) is 3.70. The fourth-order valence-corrected chi connectivity index (χ4v) is 1.65. The molecule has 0 saturated carbocycles. The van der Waals surface area contributed by atoms with Crippen LogP contribution in [0.5, 0.6) is 5.75 Å². The molecule has 0 N–H and O–H groups in total. The minimum atomic E-state index is 0.112. The Labute approximate surface area is 93.9 Å². The van der Waals surface area contributed by atoms with E-state index >= 15 is 0 Å². The number of rotatable bonds is 4. The van der Waals surface area contributed by atoms with Crippen molar-refractivity contribution in [1.29, 1.82) is 0 Å². The molecule has 1 unspecified atom stereocenters. The molecule has 4 heteroatoms. The van der Waals surface area contributed by atoms with Gasteiger partial charge < -0.3 is 9.47 Å². The zero-order chi connectivity index (χ0) is 11.2. The van der Waals surface area contributed by atoms with Crippen LogP contribution in [0.2, 0.25) is 0 Å². The number of benzene rings is 1. The lowest BCUT2D eigenvalue weighted by Crippen LogP contribution is -2.16. The van der Waals surface area contributed by atoms with E-state index in [1.165, 1.54) is 6.08 Å². The minimum Gasteiger partial charge on any atom is -0.488 e. The lowest BCUT2D eigenvalue weighted by Gasteiger charge is -2.14. The summed E-state index contributed by atoms with van der Waals surface area (Å²) in [6.07, 6.45) is 2.55. The summed E-state index contributed by atoms with van der Waals surface area (Å²) in [4.78, 5) is 13.6. The molecule has 0 radical (unpaired) electrons. The molecule has 0 spiro atoms. The van der Waals surface area contributed by atoms with Gasteiger partial charge in [-0.05, 0) is 6.07 Å². The quantitative estimate of drug-likeness (QED) is 0.572. The number of hydrogen-bond donors (Lipinski definition) is 0. The number of aliphatic imine (C=N–C) groups is 1. The minimum absolute atomic E-state index is 0.112. The van der Waals surface area contributed by atoms with Gasteiger partial charge in [0.05, 0.1) is 19.8 Å². The predicted octanol–water partition coefficient (Wildman–Crippen LogP) is 1.69. The van der Waals surface area contributed by atoms with E-state index in [9.17, 15) is 4.79 Å². The van der Waals surface area contributed by atoms with Gasteiger partial charge >= 0.3 is 0 Å².